The molecule has 0 aromatic heterocycles. The van der Waals surface area contributed by atoms with Gasteiger partial charge in [0.05, 0.1) is 4.92 Å². The van der Waals surface area contributed by atoms with Gasteiger partial charge in [0.2, 0.25) is 0 Å². The molecule has 1 aromatic rings. The Morgan fingerprint density at radius 1 is 1.35 bits per heavy atom. The lowest BCUT2D eigenvalue weighted by molar-refractivity contribution is -0.384. The summed E-state index contributed by atoms with van der Waals surface area (Å²) in [4.78, 5) is 13.0. The van der Waals surface area contributed by atoms with Gasteiger partial charge in [-0.1, -0.05) is 13.8 Å². The fourth-order valence-corrected chi connectivity index (χ4v) is 3.90. The van der Waals surface area contributed by atoms with E-state index < -0.39 is 0 Å². The van der Waals surface area contributed by atoms with Crippen molar-refractivity contribution in [3.8, 4) is 0 Å². The Hall–Kier alpha value is -1.43. The van der Waals surface area contributed by atoms with Crippen LogP contribution in [0.4, 0.5) is 17.1 Å². The molecular weight excluding hydrogens is 274 g/mol. The average molecular weight is 295 g/mol. The summed E-state index contributed by atoms with van der Waals surface area (Å²) in [5, 5.41) is 15.3. The van der Waals surface area contributed by atoms with Crippen LogP contribution >= 0.6 is 11.8 Å². The van der Waals surface area contributed by atoms with Gasteiger partial charge in [-0.3, -0.25) is 10.1 Å². The van der Waals surface area contributed by atoms with Crippen LogP contribution in [0, 0.1) is 10.1 Å². The zero-order valence-electron chi connectivity index (χ0n) is 12.1. The summed E-state index contributed by atoms with van der Waals surface area (Å²) in [5.74, 6) is 0. The van der Waals surface area contributed by atoms with E-state index in [1.165, 1.54) is 0 Å². The number of hydrogen-bond acceptors (Lipinski definition) is 5. The zero-order valence-corrected chi connectivity index (χ0v) is 12.9. The van der Waals surface area contributed by atoms with Crippen molar-refractivity contribution in [1.29, 1.82) is 0 Å². The van der Waals surface area contributed by atoms with E-state index >= 15 is 0 Å². The molecule has 5 nitrogen and oxygen atoms in total. The normalized spacial score (nSPS) is 22.6. The van der Waals surface area contributed by atoms with Gasteiger partial charge in [-0.25, -0.2) is 0 Å². The van der Waals surface area contributed by atoms with Crippen molar-refractivity contribution in [3.05, 3.63) is 28.3 Å². The molecule has 2 atom stereocenters. The number of anilines is 2. The highest BCUT2D eigenvalue weighted by atomic mass is 32.2. The van der Waals surface area contributed by atoms with Crippen LogP contribution in [0.5, 0.6) is 0 Å². The van der Waals surface area contributed by atoms with Gasteiger partial charge in [0.1, 0.15) is 0 Å². The van der Waals surface area contributed by atoms with Crippen LogP contribution in [0.1, 0.15) is 20.8 Å². The molecule has 1 heterocycles. The van der Waals surface area contributed by atoms with Gasteiger partial charge in [-0.2, -0.15) is 11.8 Å². The van der Waals surface area contributed by atoms with E-state index in [9.17, 15) is 10.1 Å². The largest absolute Gasteiger partial charge is 0.385 e. The summed E-state index contributed by atoms with van der Waals surface area (Å²) < 4.78 is 0. The topological polar surface area (TPSA) is 58.4 Å². The highest BCUT2D eigenvalue weighted by molar-refractivity contribution is 8.00. The molecule has 2 unspecified atom stereocenters. The van der Waals surface area contributed by atoms with Crippen molar-refractivity contribution < 1.29 is 4.92 Å². The molecule has 0 amide bonds. The minimum absolute atomic E-state index is 0.150. The average Bonchev–Trinajstić information content (AvgIpc) is 2.37. The van der Waals surface area contributed by atoms with Crippen molar-refractivity contribution in [2.24, 2.45) is 0 Å². The summed E-state index contributed by atoms with van der Waals surface area (Å²) in [7, 11) is 0. The Bertz CT molecular complexity index is 485. The molecule has 6 heteroatoms. The van der Waals surface area contributed by atoms with Gasteiger partial charge >= 0.3 is 0 Å². The summed E-state index contributed by atoms with van der Waals surface area (Å²) in [6.07, 6.45) is 0. The maximum absolute atomic E-state index is 11.1. The van der Waals surface area contributed by atoms with E-state index in [1.807, 2.05) is 24.8 Å². The predicted octanol–water partition coefficient (Wildman–Crippen LogP) is 3.36. The first kappa shape index (κ1) is 15.0. The number of non-ortho nitro benzene ring substituents is 1. The first-order valence-electron chi connectivity index (χ1n) is 6.93. The smallest absolute Gasteiger partial charge is 0.273 e. The quantitative estimate of drug-likeness (QED) is 0.682. The van der Waals surface area contributed by atoms with Gasteiger partial charge < -0.3 is 10.2 Å². The number of rotatable bonds is 4. The third-order valence-corrected chi connectivity index (χ3v) is 4.51. The number of nitrogens with zero attached hydrogens (tertiary/aromatic N) is 2. The Balaban J connectivity index is 2.31. The lowest BCUT2D eigenvalue weighted by atomic mass is 10.2. The molecule has 0 bridgehead atoms. The van der Waals surface area contributed by atoms with Crippen molar-refractivity contribution in [2.45, 2.75) is 31.3 Å². The monoisotopic (exact) mass is 295 g/mol. The summed E-state index contributed by atoms with van der Waals surface area (Å²) in [6.45, 7) is 9.01. The van der Waals surface area contributed by atoms with E-state index in [1.54, 1.807) is 12.1 Å². The second-order valence-electron chi connectivity index (χ2n) is 5.19. The predicted molar refractivity (Wildman–Crippen MR) is 86.0 cm³/mol. The van der Waals surface area contributed by atoms with Crippen molar-refractivity contribution >= 4 is 28.8 Å². The third kappa shape index (κ3) is 3.56. The standard InChI is InChI=1S/C14H21N3O2S/c1-4-15-12-5-13(7-14(6-12)17(18)19)16-8-10(2)20-11(3)9-16/h5-7,10-11,15H,4,8-9H2,1-3H3. The minimum atomic E-state index is -0.324. The lowest BCUT2D eigenvalue weighted by Crippen LogP contribution is -2.40. The fraction of sp³-hybridized carbons (Fsp3) is 0.571. The van der Waals surface area contributed by atoms with E-state index in [2.05, 4.69) is 24.1 Å². The molecule has 1 aromatic carbocycles. The van der Waals surface area contributed by atoms with Crippen LogP contribution in [0.3, 0.4) is 0 Å². The van der Waals surface area contributed by atoms with Crippen LogP contribution in [-0.4, -0.2) is 35.1 Å². The summed E-state index contributed by atoms with van der Waals surface area (Å²) in [6, 6.07) is 5.28. The van der Waals surface area contributed by atoms with Crippen LogP contribution in [0.2, 0.25) is 0 Å². The molecule has 1 saturated heterocycles. The van der Waals surface area contributed by atoms with Gasteiger partial charge in [-0.05, 0) is 13.0 Å². The molecule has 0 spiro atoms. The van der Waals surface area contributed by atoms with E-state index in [-0.39, 0.29) is 10.6 Å². The SMILES string of the molecule is CCNc1cc(N2CC(C)SC(C)C2)cc([N+](=O)[O-])c1. The highest BCUT2D eigenvalue weighted by Crippen LogP contribution is 2.32. The highest BCUT2D eigenvalue weighted by Gasteiger charge is 2.24. The first-order valence-corrected chi connectivity index (χ1v) is 7.87. The van der Waals surface area contributed by atoms with Gasteiger partial charge in [0.15, 0.2) is 0 Å². The van der Waals surface area contributed by atoms with E-state index in [0.29, 0.717) is 10.5 Å². The molecule has 0 saturated carbocycles. The van der Waals surface area contributed by atoms with Crippen molar-refractivity contribution in [1.82, 2.24) is 0 Å². The lowest BCUT2D eigenvalue weighted by Gasteiger charge is -2.36. The summed E-state index contributed by atoms with van der Waals surface area (Å²) >= 11 is 1.97. The van der Waals surface area contributed by atoms with Crippen molar-refractivity contribution in [3.63, 3.8) is 0 Å². The third-order valence-electron chi connectivity index (χ3n) is 3.28. The molecular formula is C14H21N3O2S. The Morgan fingerprint density at radius 3 is 2.55 bits per heavy atom. The summed E-state index contributed by atoms with van der Waals surface area (Å²) in [5.41, 5.74) is 1.90. The van der Waals surface area contributed by atoms with Crippen LogP contribution in [-0.2, 0) is 0 Å². The molecule has 1 fully saturated rings. The Kier molecular flexibility index (Phi) is 4.75. The van der Waals surface area contributed by atoms with Gasteiger partial charge in [0, 0.05) is 53.6 Å². The molecule has 1 N–H and O–H groups in total. The Labute approximate surface area is 123 Å². The molecule has 0 radical (unpaired) electrons. The minimum Gasteiger partial charge on any atom is -0.385 e. The number of nitro groups is 1. The van der Waals surface area contributed by atoms with Crippen molar-refractivity contribution in [2.75, 3.05) is 29.9 Å². The van der Waals surface area contributed by atoms with Crippen LogP contribution in [0.25, 0.3) is 0 Å². The van der Waals surface area contributed by atoms with Crippen LogP contribution < -0.4 is 10.2 Å². The first-order chi connectivity index (χ1) is 9.49. The van der Waals surface area contributed by atoms with E-state index in [0.717, 1.165) is 31.0 Å². The molecule has 20 heavy (non-hydrogen) atoms. The van der Waals surface area contributed by atoms with E-state index in [4.69, 9.17) is 0 Å². The second-order valence-corrected chi connectivity index (χ2v) is 7.07. The maximum Gasteiger partial charge on any atom is 0.273 e. The molecule has 0 aliphatic carbocycles. The van der Waals surface area contributed by atoms with Gasteiger partial charge in [0.25, 0.3) is 5.69 Å². The number of hydrogen-bond donors (Lipinski definition) is 1. The Morgan fingerprint density at radius 2 is 2.00 bits per heavy atom. The molecule has 110 valence electrons. The number of thioether (sulfide) groups is 1. The molecule has 2 rings (SSSR count). The fourth-order valence-electron chi connectivity index (χ4n) is 2.58. The molecule has 1 aliphatic heterocycles. The number of nitrogens with one attached hydrogen (secondary N) is 1. The van der Waals surface area contributed by atoms with Crippen LogP contribution in [0.15, 0.2) is 18.2 Å². The number of benzene rings is 1. The molecule has 1 aliphatic rings. The zero-order chi connectivity index (χ0) is 14.7. The van der Waals surface area contributed by atoms with Gasteiger partial charge in [-0.15, -0.1) is 0 Å². The second kappa shape index (κ2) is 6.35. The number of nitro benzene ring substituents is 1. The maximum atomic E-state index is 11.1.